The van der Waals surface area contributed by atoms with Gasteiger partial charge in [-0.25, -0.2) is 0 Å². The number of hydrogen-bond acceptors (Lipinski definition) is 5. The van der Waals surface area contributed by atoms with E-state index in [0.29, 0.717) is 17.3 Å². The number of benzene rings is 2. The van der Waals surface area contributed by atoms with Gasteiger partial charge in [-0.05, 0) is 40.0 Å². The topological polar surface area (TPSA) is 71.6 Å². The lowest BCUT2D eigenvalue weighted by atomic mass is 9.79. The average Bonchev–Trinajstić information content (AvgIpc) is 3.37. The minimum Gasteiger partial charge on any atom is -0.459 e. The Morgan fingerprint density at radius 1 is 0.459 bits per heavy atom. The standard InChI is InChI=1S/C17H25NO.C16H23NO.C12H21NO.C10H20/c1-16(2,3)14-15(17(4,5)6)19-13-10-8-7-9-12(13)11-18-14;1-15(2,3)13-14(16(4,5)6)18-12-10-8-7-9-11(12)17-13;1-11(2,3)8-7-9(14)13-10(8)12(4,5)6;1-9(2,3)7-8-10(4,5)6/h7-10,18H,11H2,1-6H3;7-10,17H,1-6H3;7H2,1-6H3,(H,13,14);7-8H,1-6H3/b;;;8-7-. The van der Waals surface area contributed by atoms with Crippen LogP contribution in [0.1, 0.15) is 178 Å². The van der Waals surface area contributed by atoms with E-state index >= 15 is 0 Å². The van der Waals surface area contributed by atoms with E-state index in [4.69, 9.17) is 9.47 Å². The van der Waals surface area contributed by atoms with Gasteiger partial charge in [0.25, 0.3) is 0 Å². The second-order valence-corrected chi connectivity index (χ2v) is 25.3. The van der Waals surface area contributed by atoms with Crippen LogP contribution in [0.4, 0.5) is 5.69 Å². The summed E-state index contributed by atoms with van der Waals surface area (Å²) in [6.07, 6.45) is 5.11. The van der Waals surface area contributed by atoms with Crippen molar-refractivity contribution in [2.24, 2.45) is 43.3 Å². The second kappa shape index (κ2) is 19.2. The van der Waals surface area contributed by atoms with E-state index in [0.717, 1.165) is 40.9 Å². The highest BCUT2D eigenvalue weighted by atomic mass is 16.5. The quantitative estimate of drug-likeness (QED) is 0.231. The van der Waals surface area contributed by atoms with Crippen molar-refractivity contribution in [3.05, 3.63) is 100 Å². The predicted octanol–water partition coefficient (Wildman–Crippen LogP) is 15.8. The number of carbonyl (C=O) groups is 1. The normalized spacial score (nSPS) is 16.5. The Hall–Kier alpha value is -3.93. The molecule has 6 heteroatoms. The van der Waals surface area contributed by atoms with Gasteiger partial charge in [-0.15, -0.1) is 0 Å². The number of para-hydroxylation sites is 3. The highest BCUT2D eigenvalue weighted by Gasteiger charge is 2.36. The molecule has 0 aromatic heterocycles. The van der Waals surface area contributed by atoms with E-state index in [-0.39, 0.29) is 38.4 Å². The largest absolute Gasteiger partial charge is 0.459 e. The molecule has 0 radical (unpaired) electrons. The van der Waals surface area contributed by atoms with E-state index < -0.39 is 0 Å². The minimum absolute atomic E-state index is 0.0108. The summed E-state index contributed by atoms with van der Waals surface area (Å²) in [6.45, 7) is 53.5. The van der Waals surface area contributed by atoms with E-state index in [1.807, 2.05) is 30.3 Å². The lowest BCUT2D eigenvalue weighted by Gasteiger charge is -2.37. The summed E-state index contributed by atoms with van der Waals surface area (Å²) in [5, 5.41) is 10.1. The van der Waals surface area contributed by atoms with Gasteiger partial charge in [0, 0.05) is 44.9 Å². The molecule has 0 bridgehead atoms. The molecule has 3 aliphatic heterocycles. The second-order valence-electron chi connectivity index (χ2n) is 25.3. The number of rotatable bonds is 0. The Morgan fingerprint density at radius 2 is 0.869 bits per heavy atom. The first-order valence-electron chi connectivity index (χ1n) is 22.5. The zero-order chi connectivity index (χ0) is 47.4. The van der Waals surface area contributed by atoms with Crippen molar-refractivity contribution in [2.75, 3.05) is 5.32 Å². The van der Waals surface area contributed by atoms with Crippen molar-refractivity contribution in [3.8, 4) is 11.5 Å². The monoisotopic (exact) mass is 840 g/mol. The van der Waals surface area contributed by atoms with Crippen molar-refractivity contribution in [2.45, 2.75) is 179 Å². The van der Waals surface area contributed by atoms with Crippen LogP contribution in [-0.2, 0) is 11.3 Å². The summed E-state index contributed by atoms with van der Waals surface area (Å²) >= 11 is 0. The molecular weight excluding hydrogens is 751 g/mol. The van der Waals surface area contributed by atoms with Crippen molar-refractivity contribution in [1.82, 2.24) is 10.6 Å². The molecule has 2 aromatic carbocycles. The molecule has 0 saturated heterocycles. The molecule has 3 heterocycles. The lowest BCUT2D eigenvalue weighted by Crippen LogP contribution is -2.30. The van der Waals surface area contributed by atoms with Crippen LogP contribution in [0.25, 0.3) is 0 Å². The number of nitrogens with one attached hydrogen (secondary N) is 3. The maximum Gasteiger partial charge on any atom is 0.228 e. The van der Waals surface area contributed by atoms with E-state index in [9.17, 15) is 4.79 Å². The molecule has 3 N–H and O–H groups in total. The van der Waals surface area contributed by atoms with E-state index in [1.165, 1.54) is 22.5 Å². The predicted molar refractivity (Wildman–Crippen MR) is 263 cm³/mol. The molecule has 0 atom stereocenters. The number of fused-ring (bicyclic) bond motifs is 2. The van der Waals surface area contributed by atoms with Gasteiger partial charge in [-0.1, -0.05) is 209 Å². The van der Waals surface area contributed by atoms with Crippen LogP contribution in [0.3, 0.4) is 0 Å². The molecule has 0 fully saturated rings. The number of ether oxygens (including phenoxy) is 2. The average molecular weight is 840 g/mol. The Labute approximate surface area is 374 Å². The summed E-state index contributed by atoms with van der Waals surface area (Å²) in [5.74, 6) is 4.10. The maximum atomic E-state index is 11.4. The molecule has 0 unspecified atom stereocenters. The molecule has 1 amide bonds. The fourth-order valence-corrected chi connectivity index (χ4v) is 6.66. The number of amides is 1. The van der Waals surface area contributed by atoms with Crippen molar-refractivity contribution in [3.63, 3.8) is 0 Å². The Kier molecular flexibility index (Phi) is 16.8. The highest BCUT2D eigenvalue weighted by molar-refractivity contribution is 5.84. The smallest absolute Gasteiger partial charge is 0.228 e. The molecule has 0 saturated carbocycles. The lowest BCUT2D eigenvalue weighted by molar-refractivity contribution is -0.119. The summed E-state index contributed by atoms with van der Waals surface area (Å²) in [4.78, 5) is 11.4. The van der Waals surface area contributed by atoms with Gasteiger partial charge in [-0.3, -0.25) is 4.79 Å². The number of hydrogen-bond donors (Lipinski definition) is 3. The fraction of sp³-hybridized carbons (Fsp3) is 0.618. The first kappa shape index (κ1) is 53.2. The zero-order valence-electron chi connectivity index (χ0n) is 43.4. The molecule has 342 valence electrons. The molecule has 61 heavy (non-hydrogen) atoms. The van der Waals surface area contributed by atoms with Gasteiger partial charge in [0.05, 0.1) is 23.5 Å². The number of allylic oxidation sites excluding steroid dienone is 7. The van der Waals surface area contributed by atoms with Gasteiger partial charge in [0.15, 0.2) is 0 Å². The Balaban J connectivity index is 0.000000288. The van der Waals surface area contributed by atoms with Gasteiger partial charge in [0.2, 0.25) is 5.91 Å². The van der Waals surface area contributed by atoms with E-state index in [2.05, 4.69) is 212 Å². The van der Waals surface area contributed by atoms with Gasteiger partial charge < -0.3 is 25.4 Å². The maximum absolute atomic E-state index is 11.4. The Bertz CT molecular complexity index is 1840. The van der Waals surface area contributed by atoms with E-state index in [1.54, 1.807) is 0 Å². The van der Waals surface area contributed by atoms with Gasteiger partial charge in [0.1, 0.15) is 23.0 Å². The first-order chi connectivity index (χ1) is 27.2. The molecule has 0 aliphatic carbocycles. The fourth-order valence-electron chi connectivity index (χ4n) is 6.66. The molecule has 6 nitrogen and oxygen atoms in total. The molecular formula is C55H89N3O3. The summed E-state index contributed by atoms with van der Waals surface area (Å²) in [7, 11) is 0. The molecule has 3 aliphatic rings. The third-order valence-corrected chi connectivity index (χ3v) is 9.96. The van der Waals surface area contributed by atoms with Crippen LogP contribution in [0, 0.1) is 43.3 Å². The van der Waals surface area contributed by atoms with Crippen LogP contribution < -0.4 is 25.4 Å². The van der Waals surface area contributed by atoms with Crippen molar-refractivity contribution >= 4 is 11.6 Å². The van der Waals surface area contributed by atoms with Gasteiger partial charge in [-0.2, -0.15) is 0 Å². The SMILES string of the molecule is CC(C)(C)/C=C\C(C)(C)C.CC(C)(C)C1=C(C(C)(C)C)NC(=O)C1.CC(C)(C)C1=C(C(C)(C)C)Oc2ccccc2CN1.CC(C)(C)C1=C(C(C)(C)C)Oc2ccccc2N1. The summed E-state index contributed by atoms with van der Waals surface area (Å²) in [5.41, 5.74) is 7.85. The molecule has 0 spiro atoms. The number of carbonyl (C=O) groups excluding carboxylic acids is 1. The first-order valence-corrected chi connectivity index (χ1v) is 22.5. The van der Waals surface area contributed by atoms with Crippen LogP contribution in [-0.4, -0.2) is 5.91 Å². The van der Waals surface area contributed by atoms with Crippen molar-refractivity contribution < 1.29 is 14.3 Å². The number of anilines is 1. The van der Waals surface area contributed by atoms with Gasteiger partial charge >= 0.3 is 0 Å². The highest BCUT2D eigenvalue weighted by Crippen LogP contribution is 2.45. The zero-order valence-corrected chi connectivity index (χ0v) is 43.4. The molecule has 2 aromatic rings. The Morgan fingerprint density at radius 3 is 1.28 bits per heavy atom. The van der Waals surface area contributed by atoms with Crippen molar-refractivity contribution in [1.29, 1.82) is 0 Å². The third-order valence-electron chi connectivity index (χ3n) is 9.96. The van der Waals surface area contributed by atoms with Crippen LogP contribution >= 0.6 is 0 Å². The van der Waals surface area contributed by atoms with Crippen LogP contribution in [0.2, 0.25) is 0 Å². The summed E-state index contributed by atoms with van der Waals surface area (Å²) < 4.78 is 12.4. The summed E-state index contributed by atoms with van der Waals surface area (Å²) in [6, 6.07) is 16.3. The molecule has 5 rings (SSSR count). The van der Waals surface area contributed by atoms with Crippen LogP contribution in [0.15, 0.2) is 94.9 Å². The van der Waals surface area contributed by atoms with Crippen LogP contribution in [0.5, 0.6) is 11.5 Å². The third kappa shape index (κ3) is 17.0. The minimum atomic E-state index is -0.0208.